The molecular formula is C23H27ClN6OS. The molecule has 0 saturated carbocycles. The Morgan fingerprint density at radius 3 is 2.78 bits per heavy atom. The lowest BCUT2D eigenvalue weighted by molar-refractivity contribution is 0.344. The molecule has 0 bridgehead atoms. The van der Waals surface area contributed by atoms with Crippen LogP contribution in [0.25, 0.3) is 5.78 Å². The number of thioether (sulfide) groups is 1. The molecule has 0 spiro atoms. The second-order valence-electron chi connectivity index (χ2n) is 7.92. The minimum atomic E-state index is 0.598. The summed E-state index contributed by atoms with van der Waals surface area (Å²) in [5.41, 5.74) is 1.77. The fraction of sp³-hybridized carbons (Fsp3) is 0.348. The number of fused-ring (bicyclic) bond motifs is 1. The lowest BCUT2D eigenvalue weighted by Gasteiger charge is -2.08. The van der Waals surface area contributed by atoms with Gasteiger partial charge < -0.3 is 14.6 Å². The molecule has 0 amide bonds. The van der Waals surface area contributed by atoms with Crippen molar-refractivity contribution >= 4 is 40.6 Å². The van der Waals surface area contributed by atoms with Gasteiger partial charge in [-0.05, 0) is 63.5 Å². The number of halogens is 1. The third-order valence-corrected chi connectivity index (χ3v) is 6.00. The third-order valence-electron chi connectivity index (χ3n) is 4.70. The maximum absolute atomic E-state index is 6.11. The Kier molecular flexibility index (Phi) is 7.34. The van der Waals surface area contributed by atoms with Crippen molar-refractivity contribution < 1.29 is 4.42 Å². The van der Waals surface area contributed by atoms with Crippen molar-refractivity contribution in [3.8, 4) is 0 Å². The number of anilines is 2. The molecule has 168 valence electrons. The number of benzene rings is 1. The molecule has 4 aromatic rings. The van der Waals surface area contributed by atoms with Gasteiger partial charge in [-0.2, -0.15) is 21.3 Å². The van der Waals surface area contributed by atoms with Gasteiger partial charge in [0.1, 0.15) is 17.3 Å². The Balaban J connectivity index is 1.33. The molecule has 0 saturated heterocycles. The van der Waals surface area contributed by atoms with Crippen LogP contribution in [-0.4, -0.2) is 44.3 Å². The normalized spacial score (nSPS) is 11.5. The fourth-order valence-corrected chi connectivity index (χ4v) is 4.38. The van der Waals surface area contributed by atoms with Crippen LogP contribution in [0, 0.1) is 6.92 Å². The summed E-state index contributed by atoms with van der Waals surface area (Å²) in [6, 6.07) is 13.7. The zero-order chi connectivity index (χ0) is 22.5. The lowest BCUT2D eigenvalue weighted by Crippen LogP contribution is -2.09. The number of aryl methyl sites for hydroxylation is 2. The number of hydrogen-bond donors (Lipinski definition) is 1. The van der Waals surface area contributed by atoms with E-state index in [0.29, 0.717) is 10.8 Å². The molecule has 3 heterocycles. The molecule has 4 rings (SSSR count). The SMILES string of the molecule is Cc1cc(Nc2cccc(Cl)c2)n2nc(CCCSCc3ccc(CN(C)C)o3)nc2n1. The van der Waals surface area contributed by atoms with Gasteiger partial charge in [0.05, 0.1) is 12.3 Å². The van der Waals surface area contributed by atoms with Crippen molar-refractivity contribution in [2.45, 2.75) is 32.1 Å². The van der Waals surface area contributed by atoms with Crippen LogP contribution in [0.2, 0.25) is 5.02 Å². The minimum absolute atomic E-state index is 0.598. The van der Waals surface area contributed by atoms with Gasteiger partial charge in [-0.1, -0.05) is 17.7 Å². The minimum Gasteiger partial charge on any atom is -0.464 e. The maximum atomic E-state index is 6.11. The Hall–Kier alpha value is -2.55. The Labute approximate surface area is 197 Å². The van der Waals surface area contributed by atoms with Gasteiger partial charge >= 0.3 is 0 Å². The summed E-state index contributed by atoms with van der Waals surface area (Å²) in [6.45, 7) is 2.78. The van der Waals surface area contributed by atoms with Crippen molar-refractivity contribution in [2.24, 2.45) is 0 Å². The van der Waals surface area contributed by atoms with E-state index in [9.17, 15) is 0 Å². The maximum Gasteiger partial charge on any atom is 0.254 e. The molecule has 9 heteroatoms. The first kappa shape index (κ1) is 22.6. The first-order valence-corrected chi connectivity index (χ1v) is 12.1. The molecule has 0 unspecified atom stereocenters. The number of aromatic nitrogens is 4. The summed E-state index contributed by atoms with van der Waals surface area (Å²) < 4.78 is 7.62. The molecule has 0 aliphatic carbocycles. The van der Waals surface area contributed by atoms with Crippen LogP contribution < -0.4 is 5.32 Å². The van der Waals surface area contributed by atoms with Crippen molar-refractivity contribution in [1.82, 2.24) is 24.5 Å². The fourth-order valence-electron chi connectivity index (χ4n) is 3.34. The number of furan rings is 1. The number of rotatable bonds is 10. The van der Waals surface area contributed by atoms with E-state index in [2.05, 4.69) is 37.4 Å². The van der Waals surface area contributed by atoms with Crippen LogP contribution >= 0.6 is 23.4 Å². The zero-order valence-corrected chi connectivity index (χ0v) is 20.1. The van der Waals surface area contributed by atoms with Gasteiger partial charge in [-0.3, -0.25) is 0 Å². The van der Waals surface area contributed by atoms with E-state index in [1.807, 2.05) is 63.1 Å². The lowest BCUT2D eigenvalue weighted by atomic mass is 10.3. The highest BCUT2D eigenvalue weighted by Crippen LogP contribution is 2.22. The average Bonchev–Trinajstić information content (AvgIpc) is 3.34. The van der Waals surface area contributed by atoms with Crippen LogP contribution in [-0.2, 0) is 18.7 Å². The quantitative estimate of drug-likeness (QED) is 0.313. The van der Waals surface area contributed by atoms with Crippen molar-refractivity contribution in [3.05, 3.63) is 70.5 Å². The smallest absolute Gasteiger partial charge is 0.254 e. The van der Waals surface area contributed by atoms with E-state index in [-0.39, 0.29) is 0 Å². The van der Waals surface area contributed by atoms with Crippen LogP contribution in [0.5, 0.6) is 0 Å². The highest BCUT2D eigenvalue weighted by Gasteiger charge is 2.11. The van der Waals surface area contributed by atoms with E-state index in [1.165, 1.54) is 0 Å². The second kappa shape index (κ2) is 10.4. The van der Waals surface area contributed by atoms with Crippen molar-refractivity contribution in [3.63, 3.8) is 0 Å². The molecule has 0 aliphatic heterocycles. The summed E-state index contributed by atoms with van der Waals surface area (Å²) in [5, 5.41) is 8.72. The summed E-state index contributed by atoms with van der Waals surface area (Å²) in [4.78, 5) is 11.2. The predicted molar refractivity (Wildman–Crippen MR) is 131 cm³/mol. The first-order chi connectivity index (χ1) is 15.5. The van der Waals surface area contributed by atoms with E-state index in [1.54, 1.807) is 4.52 Å². The van der Waals surface area contributed by atoms with Gasteiger partial charge in [-0.25, -0.2) is 4.98 Å². The summed E-state index contributed by atoms with van der Waals surface area (Å²) in [7, 11) is 4.08. The van der Waals surface area contributed by atoms with Gasteiger partial charge in [0.15, 0.2) is 5.82 Å². The number of hydrogen-bond acceptors (Lipinski definition) is 7. The largest absolute Gasteiger partial charge is 0.464 e. The summed E-state index contributed by atoms with van der Waals surface area (Å²) in [5.74, 6) is 6.12. The highest BCUT2D eigenvalue weighted by molar-refractivity contribution is 7.98. The molecular weight excluding hydrogens is 444 g/mol. The molecule has 1 N–H and O–H groups in total. The third kappa shape index (κ3) is 6.03. The van der Waals surface area contributed by atoms with E-state index >= 15 is 0 Å². The van der Waals surface area contributed by atoms with Crippen molar-refractivity contribution in [1.29, 1.82) is 0 Å². The number of nitrogens with zero attached hydrogens (tertiary/aromatic N) is 5. The Morgan fingerprint density at radius 2 is 1.97 bits per heavy atom. The van der Waals surface area contributed by atoms with Gasteiger partial charge in [0.25, 0.3) is 5.78 Å². The zero-order valence-electron chi connectivity index (χ0n) is 18.5. The second-order valence-corrected chi connectivity index (χ2v) is 9.46. The molecule has 0 fully saturated rings. The van der Waals surface area contributed by atoms with E-state index < -0.39 is 0 Å². The van der Waals surface area contributed by atoms with E-state index in [4.69, 9.17) is 16.0 Å². The molecule has 7 nitrogen and oxygen atoms in total. The molecule has 1 aromatic carbocycles. The van der Waals surface area contributed by atoms with Crippen LogP contribution in [0.1, 0.15) is 29.5 Å². The predicted octanol–water partition coefficient (Wildman–Crippen LogP) is 5.35. The number of nitrogens with one attached hydrogen (secondary N) is 1. The summed E-state index contributed by atoms with van der Waals surface area (Å²) >= 11 is 7.97. The van der Waals surface area contributed by atoms with Gasteiger partial charge in [0.2, 0.25) is 0 Å². The van der Waals surface area contributed by atoms with Gasteiger partial charge in [0, 0.05) is 28.9 Å². The van der Waals surface area contributed by atoms with Crippen molar-refractivity contribution in [2.75, 3.05) is 25.2 Å². The monoisotopic (exact) mass is 470 g/mol. The molecule has 3 aromatic heterocycles. The first-order valence-electron chi connectivity index (χ1n) is 10.5. The van der Waals surface area contributed by atoms with E-state index in [0.717, 1.165) is 65.4 Å². The summed E-state index contributed by atoms with van der Waals surface area (Å²) in [6.07, 6.45) is 1.79. The standard InChI is InChI=1S/C23H27ClN6OS/c1-16-12-22(26-18-7-4-6-17(24)13-18)30-23(25-16)27-21(28-30)8-5-11-32-15-20-10-9-19(31-20)14-29(2)3/h4,6-7,9-10,12-13,26H,5,8,11,14-15H2,1-3H3. The molecule has 0 radical (unpaired) electrons. The Bertz CT molecular complexity index is 1190. The molecule has 0 atom stereocenters. The molecule has 0 aliphatic rings. The topological polar surface area (TPSA) is 71.5 Å². The highest BCUT2D eigenvalue weighted by atomic mass is 35.5. The molecule has 32 heavy (non-hydrogen) atoms. The van der Waals surface area contributed by atoms with Gasteiger partial charge in [-0.15, -0.1) is 5.10 Å². The van der Waals surface area contributed by atoms with Crippen LogP contribution in [0.15, 0.2) is 46.9 Å². The average molecular weight is 471 g/mol. The van der Waals surface area contributed by atoms with Crippen LogP contribution in [0.4, 0.5) is 11.5 Å². The Morgan fingerprint density at radius 1 is 1.12 bits per heavy atom. The van der Waals surface area contributed by atoms with Crippen LogP contribution in [0.3, 0.4) is 0 Å².